The lowest BCUT2D eigenvalue weighted by atomic mass is 10.1. The van der Waals surface area contributed by atoms with E-state index in [2.05, 4.69) is 15.3 Å². The normalized spacial score (nSPS) is 10.1. The Balaban J connectivity index is 2.26. The quantitative estimate of drug-likeness (QED) is 0.632. The standard InChI is InChI=1S/C13H13N5O3/c1-8-15-5-4-10(17-8)7-16-11-6-9(13(14)19)2-3-12(11)18(20)21/h2-6,16H,7H2,1H3,(H2,14,19). The number of rotatable bonds is 5. The molecule has 21 heavy (non-hydrogen) atoms. The molecule has 0 atom stereocenters. The minimum Gasteiger partial charge on any atom is -0.374 e. The van der Waals surface area contributed by atoms with Crippen molar-refractivity contribution in [2.24, 2.45) is 5.73 Å². The van der Waals surface area contributed by atoms with E-state index in [0.29, 0.717) is 11.5 Å². The molecule has 2 rings (SSSR count). The highest BCUT2D eigenvalue weighted by Gasteiger charge is 2.15. The van der Waals surface area contributed by atoms with Gasteiger partial charge in [0.15, 0.2) is 0 Å². The number of carbonyl (C=O) groups is 1. The van der Waals surface area contributed by atoms with Crippen molar-refractivity contribution in [1.82, 2.24) is 9.97 Å². The fourth-order valence-corrected chi connectivity index (χ4v) is 1.78. The molecule has 0 saturated heterocycles. The number of nitro benzene ring substituents is 1. The molecule has 8 heteroatoms. The van der Waals surface area contributed by atoms with Crippen molar-refractivity contribution in [3.05, 3.63) is 57.7 Å². The largest absolute Gasteiger partial charge is 0.374 e. The lowest BCUT2D eigenvalue weighted by Crippen LogP contribution is -2.12. The molecule has 1 aromatic heterocycles. The third-order valence-electron chi connectivity index (χ3n) is 2.77. The minimum absolute atomic E-state index is 0.134. The number of nitro groups is 1. The van der Waals surface area contributed by atoms with Crippen LogP contribution in [-0.4, -0.2) is 20.8 Å². The maximum Gasteiger partial charge on any atom is 0.292 e. The van der Waals surface area contributed by atoms with Crippen molar-refractivity contribution in [1.29, 1.82) is 0 Å². The van der Waals surface area contributed by atoms with Gasteiger partial charge in [-0.05, 0) is 25.1 Å². The second-order valence-electron chi connectivity index (χ2n) is 4.30. The zero-order valence-corrected chi connectivity index (χ0v) is 11.2. The summed E-state index contributed by atoms with van der Waals surface area (Å²) in [5.74, 6) is -0.0412. The lowest BCUT2D eigenvalue weighted by molar-refractivity contribution is -0.384. The van der Waals surface area contributed by atoms with Crippen molar-refractivity contribution < 1.29 is 9.72 Å². The van der Waals surface area contributed by atoms with E-state index in [9.17, 15) is 14.9 Å². The Morgan fingerprint density at radius 1 is 1.43 bits per heavy atom. The topological polar surface area (TPSA) is 124 Å². The zero-order valence-electron chi connectivity index (χ0n) is 11.2. The number of aromatic nitrogens is 2. The number of aryl methyl sites for hydroxylation is 1. The van der Waals surface area contributed by atoms with Crippen molar-refractivity contribution in [2.75, 3.05) is 5.32 Å². The average molecular weight is 287 g/mol. The molecule has 0 spiro atoms. The molecule has 0 aliphatic heterocycles. The number of benzene rings is 1. The van der Waals surface area contributed by atoms with E-state index in [1.165, 1.54) is 18.2 Å². The first-order chi connectivity index (χ1) is 9.97. The molecule has 0 bridgehead atoms. The number of primary amides is 1. The lowest BCUT2D eigenvalue weighted by Gasteiger charge is -2.08. The molecule has 1 aromatic carbocycles. The van der Waals surface area contributed by atoms with Gasteiger partial charge >= 0.3 is 0 Å². The second kappa shape index (κ2) is 5.95. The molecule has 0 unspecified atom stereocenters. The van der Waals surface area contributed by atoms with Crippen molar-refractivity contribution in [2.45, 2.75) is 13.5 Å². The SMILES string of the molecule is Cc1nccc(CNc2cc(C(N)=O)ccc2[N+](=O)[O-])n1. The highest BCUT2D eigenvalue weighted by molar-refractivity contribution is 5.94. The van der Waals surface area contributed by atoms with E-state index < -0.39 is 10.8 Å². The van der Waals surface area contributed by atoms with E-state index in [1.54, 1.807) is 19.2 Å². The molecular formula is C13H13N5O3. The average Bonchev–Trinajstić information content (AvgIpc) is 2.44. The zero-order chi connectivity index (χ0) is 15.4. The highest BCUT2D eigenvalue weighted by atomic mass is 16.6. The number of nitrogens with two attached hydrogens (primary N) is 1. The van der Waals surface area contributed by atoms with Gasteiger partial charge < -0.3 is 11.1 Å². The van der Waals surface area contributed by atoms with E-state index in [0.717, 1.165) is 0 Å². The van der Waals surface area contributed by atoms with Crippen LogP contribution < -0.4 is 11.1 Å². The molecule has 1 amide bonds. The van der Waals surface area contributed by atoms with Crippen molar-refractivity contribution in [3.8, 4) is 0 Å². The molecule has 0 aliphatic rings. The molecule has 0 radical (unpaired) electrons. The minimum atomic E-state index is -0.647. The summed E-state index contributed by atoms with van der Waals surface area (Å²) in [6.45, 7) is 2.02. The Bertz CT molecular complexity index is 702. The van der Waals surface area contributed by atoms with Crippen LogP contribution in [0.4, 0.5) is 11.4 Å². The van der Waals surface area contributed by atoms with Gasteiger partial charge in [0.05, 0.1) is 17.2 Å². The number of nitrogens with zero attached hydrogens (tertiary/aromatic N) is 3. The molecule has 3 N–H and O–H groups in total. The Morgan fingerprint density at radius 3 is 2.81 bits per heavy atom. The third-order valence-corrected chi connectivity index (χ3v) is 2.77. The first kappa shape index (κ1) is 14.4. The van der Waals surface area contributed by atoms with Gasteiger partial charge in [0, 0.05) is 17.8 Å². The van der Waals surface area contributed by atoms with E-state index >= 15 is 0 Å². The molecule has 8 nitrogen and oxygen atoms in total. The predicted octanol–water partition coefficient (Wildman–Crippen LogP) is 1.40. The summed E-state index contributed by atoms with van der Waals surface area (Å²) in [6.07, 6.45) is 1.60. The fraction of sp³-hybridized carbons (Fsp3) is 0.154. The van der Waals surface area contributed by atoms with Crippen LogP contribution in [0.3, 0.4) is 0 Å². The summed E-state index contributed by atoms with van der Waals surface area (Å²) in [7, 11) is 0. The van der Waals surface area contributed by atoms with Crippen LogP contribution in [-0.2, 0) is 6.54 Å². The summed E-state index contributed by atoms with van der Waals surface area (Å²) in [4.78, 5) is 29.8. The Morgan fingerprint density at radius 2 is 2.19 bits per heavy atom. The van der Waals surface area contributed by atoms with Crippen LogP contribution in [0.15, 0.2) is 30.5 Å². The summed E-state index contributed by atoms with van der Waals surface area (Å²) < 4.78 is 0. The first-order valence-electron chi connectivity index (χ1n) is 6.08. The van der Waals surface area contributed by atoms with Gasteiger partial charge in [0.2, 0.25) is 5.91 Å². The maximum absolute atomic E-state index is 11.2. The molecule has 0 fully saturated rings. The number of hydrogen-bond acceptors (Lipinski definition) is 6. The van der Waals surface area contributed by atoms with Crippen LogP contribution >= 0.6 is 0 Å². The second-order valence-corrected chi connectivity index (χ2v) is 4.30. The number of anilines is 1. The molecule has 2 aromatic rings. The molecule has 0 aliphatic carbocycles. The smallest absolute Gasteiger partial charge is 0.292 e. The number of amides is 1. The van der Waals surface area contributed by atoms with Gasteiger partial charge in [-0.25, -0.2) is 9.97 Å². The van der Waals surface area contributed by atoms with Crippen LogP contribution in [0.2, 0.25) is 0 Å². The van der Waals surface area contributed by atoms with E-state index in [4.69, 9.17) is 5.73 Å². The van der Waals surface area contributed by atoms with Gasteiger partial charge in [-0.1, -0.05) is 0 Å². The summed E-state index contributed by atoms with van der Waals surface area (Å²) in [5.41, 5.74) is 6.14. The van der Waals surface area contributed by atoms with Crippen LogP contribution in [0.1, 0.15) is 21.9 Å². The van der Waals surface area contributed by atoms with E-state index in [-0.39, 0.29) is 23.5 Å². The number of carbonyl (C=O) groups excluding carboxylic acids is 1. The third kappa shape index (κ3) is 3.50. The van der Waals surface area contributed by atoms with Crippen molar-refractivity contribution in [3.63, 3.8) is 0 Å². The highest BCUT2D eigenvalue weighted by Crippen LogP contribution is 2.25. The van der Waals surface area contributed by atoms with Gasteiger partial charge in [-0.3, -0.25) is 14.9 Å². The summed E-state index contributed by atoms with van der Waals surface area (Å²) >= 11 is 0. The molecule has 108 valence electrons. The molecular weight excluding hydrogens is 274 g/mol. The van der Waals surface area contributed by atoms with Crippen LogP contribution in [0.5, 0.6) is 0 Å². The Labute approximate surface area is 120 Å². The van der Waals surface area contributed by atoms with Gasteiger partial charge in [0.1, 0.15) is 11.5 Å². The van der Waals surface area contributed by atoms with Gasteiger partial charge in [-0.2, -0.15) is 0 Å². The van der Waals surface area contributed by atoms with Crippen LogP contribution in [0, 0.1) is 17.0 Å². The first-order valence-corrected chi connectivity index (χ1v) is 6.08. The van der Waals surface area contributed by atoms with Crippen molar-refractivity contribution >= 4 is 17.3 Å². The van der Waals surface area contributed by atoms with Gasteiger partial charge in [-0.15, -0.1) is 0 Å². The Kier molecular flexibility index (Phi) is 4.07. The van der Waals surface area contributed by atoms with Crippen LogP contribution in [0.25, 0.3) is 0 Å². The maximum atomic E-state index is 11.2. The molecule has 1 heterocycles. The monoisotopic (exact) mass is 287 g/mol. The molecule has 0 saturated carbocycles. The summed E-state index contributed by atoms with van der Waals surface area (Å²) in [5, 5.41) is 13.9. The number of nitrogens with one attached hydrogen (secondary N) is 1. The number of hydrogen-bond donors (Lipinski definition) is 2. The van der Waals surface area contributed by atoms with Gasteiger partial charge in [0.25, 0.3) is 5.69 Å². The fourth-order valence-electron chi connectivity index (χ4n) is 1.78. The predicted molar refractivity (Wildman–Crippen MR) is 75.7 cm³/mol. The Hall–Kier alpha value is -3.03. The summed E-state index contributed by atoms with van der Waals surface area (Å²) in [6, 6.07) is 5.62. The van der Waals surface area contributed by atoms with E-state index in [1.807, 2.05) is 0 Å².